The summed E-state index contributed by atoms with van der Waals surface area (Å²) in [6.45, 7) is 10.2. The molecule has 0 amide bonds. The molecule has 0 spiro atoms. The standard InChI is InChI=1S/C15H26N2O2/c1-4-16-11-14-5-6-15(12-17-14)19-10-9-18-8-7-13(2)3/h5-6,12-13,16H,4,7-11H2,1-3H3. The average Bonchev–Trinajstić information content (AvgIpc) is 2.41. The van der Waals surface area contributed by atoms with Crippen LogP contribution in [0.1, 0.15) is 32.9 Å². The van der Waals surface area contributed by atoms with Crippen molar-refractivity contribution in [3.63, 3.8) is 0 Å². The van der Waals surface area contributed by atoms with E-state index in [4.69, 9.17) is 9.47 Å². The van der Waals surface area contributed by atoms with E-state index in [-0.39, 0.29) is 0 Å². The van der Waals surface area contributed by atoms with E-state index >= 15 is 0 Å². The molecule has 0 aliphatic heterocycles. The summed E-state index contributed by atoms with van der Waals surface area (Å²) in [4.78, 5) is 4.33. The molecular weight excluding hydrogens is 240 g/mol. The second-order valence-electron chi connectivity index (χ2n) is 4.91. The number of aromatic nitrogens is 1. The number of nitrogens with one attached hydrogen (secondary N) is 1. The van der Waals surface area contributed by atoms with Gasteiger partial charge in [0.05, 0.1) is 18.5 Å². The van der Waals surface area contributed by atoms with Crippen LogP contribution < -0.4 is 10.1 Å². The first-order chi connectivity index (χ1) is 9.22. The topological polar surface area (TPSA) is 43.4 Å². The highest BCUT2D eigenvalue weighted by molar-refractivity contribution is 5.19. The van der Waals surface area contributed by atoms with Gasteiger partial charge in [-0.1, -0.05) is 20.8 Å². The maximum atomic E-state index is 5.56. The largest absolute Gasteiger partial charge is 0.490 e. The van der Waals surface area contributed by atoms with Gasteiger partial charge in [0.25, 0.3) is 0 Å². The highest BCUT2D eigenvalue weighted by Crippen LogP contribution is 2.09. The zero-order valence-corrected chi connectivity index (χ0v) is 12.3. The van der Waals surface area contributed by atoms with Gasteiger partial charge in [0.1, 0.15) is 12.4 Å². The molecule has 1 aromatic heterocycles. The van der Waals surface area contributed by atoms with Crippen molar-refractivity contribution in [2.24, 2.45) is 5.92 Å². The van der Waals surface area contributed by atoms with Gasteiger partial charge in [0.2, 0.25) is 0 Å². The third kappa shape index (κ3) is 7.80. The Morgan fingerprint density at radius 2 is 2.05 bits per heavy atom. The predicted molar refractivity (Wildman–Crippen MR) is 77.4 cm³/mol. The van der Waals surface area contributed by atoms with Crippen LogP contribution in [0.25, 0.3) is 0 Å². The molecule has 0 aliphatic carbocycles. The van der Waals surface area contributed by atoms with E-state index in [9.17, 15) is 0 Å². The van der Waals surface area contributed by atoms with Crippen LogP contribution in [0.15, 0.2) is 18.3 Å². The minimum Gasteiger partial charge on any atom is -0.490 e. The van der Waals surface area contributed by atoms with Crippen molar-refractivity contribution in [1.29, 1.82) is 0 Å². The third-order valence-electron chi connectivity index (χ3n) is 2.69. The van der Waals surface area contributed by atoms with Crippen molar-refractivity contribution in [1.82, 2.24) is 10.3 Å². The van der Waals surface area contributed by atoms with E-state index in [2.05, 4.69) is 31.1 Å². The molecule has 0 bridgehead atoms. The van der Waals surface area contributed by atoms with E-state index in [0.717, 1.165) is 37.6 Å². The molecule has 19 heavy (non-hydrogen) atoms. The minimum absolute atomic E-state index is 0.576. The van der Waals surface area contributed by atoms with Crippen LogP contribution in [-0.2, 0) is 11.3 Å². The van der Waals surface area contributed by atoms with Crippen LogP contribution in [-0.4, -0.2) is 31.3 Å². The van der Waals surface area contributed by atoms with Crippen molar-refractivity contribution < 1.29 is 9.47 Å². The number of nitrogens with zero attached hydrogens (tertiary/aromatic N) is 1. The highest BCUT2D eigenvalue weighted by Gasteiger charge is 1.98. The normalized spacial score (nSPS) is 10.9. The van der Waals surface area contributed by atoms with Crippen LogP contribution >= 0.6 is 0 Å². The summed E-state index contributed by atoms with van der Waals surface area (Å²) in [5.41, 5.74) is 1.03. The molecule has 0 fully saturated rings. The van der Waals surface area contributed by atoms with Gasteiger partial charge in [-0.25, -0.2) is 0 Å². The van der Waals surface area contributed by atoms with Gasteiger partial charge in [0.15, 0.2) is 0 Å². The average molecular weight is 266 g/mol. The van der Waals surface area contributed by atoms with Gasteiger partial charge in [-0.3, -0.25) is 4.98 Å². The molecule has 4 heteroatoms. The predicted octanol–water partition coefficient (Wildman–Crippen LogP) is 2.63. The number of hydrogen-bond acceptors (Lipinski definition) is 4. The lowest BCUT2D eigenvalue weighted by molar-refractivity contribution is 0.0924. The summed E-state index contributed by atoms with van der Waals surface area (Å²) < 4.78 is 11.1. The quantitative estimate of drug-likeness (QED) is 0.661. The van der Waals surface area contributed by atoms with Crippen molar-refractivity contribution in [3.8, 4) is 5.75 Å². The van der Waals surface area contributed by atoms with E-state index in [1.165, 1.54) is 0 Å². The fraction of sp³-hybridized carbons (Fsp3) is 0.667. The lowest BCUT2D eigenvalue weighted by Gasteiger charge is -2.08. The van der Waals surface area contributed by atoms with Crippen molar-refractivity contribution in [3.05, 3.63) is 24.0 Å². The first-order valence-electron chi connectivity index (χ1n) is 7.08. The van der Waals surface area contributed by atoms with Gasteiger partial charge in [-0.05, 0) is 31.0 Å². The van der Waals surface area contributed by atoms with Gasteiger partial charge >= 0.3 is 0 Å². The van der Waals surface area contributed by atoms with Crippen LogP contribution in [0.2, 0.25) is 0 Å². The number of hydrogen-bond donors (Lipinski definition) is 1. The second-order valence-corrected chi connectivity index (χ2v) is 4.91. The van der Waals surface area contributed by atoms with E-state index in [0.29, 0.717) is 19.1 Å². The summed E-state index contributed by atoms with van der Waals surface area (Å²) in [7, 11) is 0. The molecule has 0 aliphatic rings. The summed E-state index contributed by atoms with van der Waals surface area (Å²) in [5.74, 6) is 1.49. The first-order valence-corrected chi connectivity index (χ1v) is 7.08. The Bertz CT molecular complexity index is 325. The fourth-order valence-electron chi connectivity index (χ4n) is 1.49. The monoisotopic (exact) mass is 266 g/mol. The number of pyridine rings is 1. The Kier molecular flexibility index (Phi) is 8.18. The molecule has 0 atom stereocenters. The van der Waals surface area contributed by atoms with E-state index in [1.807, 2.05) is 12.1 Å². The molecule has 4 nitrogen and oxygen atoms in total. The molecule has 1 rings (SSSR count). The number of ether oxygens (including phenoxy) is 2. The van der Waals surface area contributed by atoms with Crippen molar-refractivity contribution in [2.75, 3.05) is 26.4 Å². The smallest absolute Gasteiger partial charge is 0.137 e. The maximum absolute atomic E-state index is 5.56. The summed E-state index contributed by atoms with van der Waals surface area (Å²) in [5, 5.41) is 3.24. The van der Waals surface area contributed by atoms with Gasteiger partial charge in [-0.2, -0.15) is 0 Å². The molecule has 1 aromatic rings. The second kappa shape index (κ2) is 9.75. The third-order valence-corrected chi connectivity index (χ3v) is 2.69. The van der Waals surface area contributed by atoms with Gasteiger partial charge in [-0.15, -0.1) is 0 Å². The summed E-state index contributed by atoms with van der Waals surface area (Å²) in [6.07, 6.45) is 2.86. The molecule has 1 N–H and O–H groups in total. The Balaban J connectivity index is 2.12. The molecule has 0 radical (unpaired) electrons. The molecule has 1 heterocycles. The Morgan fingerprint density at radius 3 is 2.68 bits per heavy atom. The molecule has 0 unspecified atom stereocenters. The van der Waals surface area contributed by atoms with E-state index < -0.39 is 0 Å². The van der Waals surface area contributed by atoms with Crippen LogP contribution in [0.3, 0.4) is 0 Å². The Morgan fingerprint density at radius 1 is 1.21 bits per heavy atom. The Labute approximate surface area is 116 Å². The zero-order valence-electron chi connectivity index (χ0n) is 12.3. The SMILES string of the molecule is CCNCc1ccc(OCCOCCC(C)C)cn1. The van der Waals surface area contributed by atoms with Crippen LogP contribution in [0, 0.1) is 5.92 Å². The Hall–Kier alpha value is -1.13. The minimum atomic E-state index is 0.576. The van der Waals surface area contributed by atoms with Crippen LogP contribution in [0.5, 0.6) is 5.75 Å². The first kappa shape index (κ1) is 15.9. The molecule has 0 saturated heterocycles. The van der Waals surface area contributed by atoms with Gasteiger partial charge in [0, 0.05) is 13.2 Å². The lowest BCUT2D eigenvalue weighted by Crippen LogP contribution is -2.13. The van der Waals surface area contributed by atoms with Gasteiger partial charge < -0.3 is 14.8 Å². The summed E-state index contributed by atoms with van der Waals surface area (Å²) >= 11 is 0. The van der Waals surface area contributed by atoms with Crippen molar-refractivity contribution >= 4 is 0 Å². The van der Waals surface area contributed by atoms with Crippen molar-refractivity contribution in [2.45, 2.75) is 33.7 Å². The molecule has 0 aromatic carbocycles. The molecule has 108 valence electrons. The van der Waals surface area contributed by atoms with E-state index in [1.54, 1.807) is 6.20 Å². The highest BCUT2D eigenvalue weighted by atomic mass is 16.5. The lowest BCUT2D eigenvalue weighted by atomic mass is 10.1. The molecule has 0 saturated carbocycles. The number of rotatable bonds is 10. The molecular formula is C15H26N2O2. The van der Waals surface area contributed by atoms with Crippen LogP contribution in [0.4, 0.5) is 0 Å². The fourth-order valence-corrected chi connectivity index (χ4v) is 1.49. The zero-order chi connectivity index (χ0) is 13.9. The summed E-state index contributed by atoms with van der Waals surface area (Å²) in [6, 6.07) is 3.94. The maximum Gasteiger partial charge on any atom is 0.137 e.